The second-order valence-corrected chi connectivity index (χ2v) is 7.01. The van der Waals surface area contributed by atoms with E-state index in [0.717, 1.165) is 44.0 Å². The molecule has 4 nitrogen and oxygen atoms in total. The van der Waals surface area contributed by atoms with Crippen molar-refractivity contribution in [2.24, 2.45) is 5.92 Å². The topological polar surface area (TPSA) is 28.5 Å². The highest BCUT2D eigenvalue weighted by Crippen LogP contribution is 2.12. The predicted octanol–water partition coefficient (Wildman–Crippen LogP) is 2.82. The lowest BCUT2D eigenvalue weighted by Gasteiger charge is -2.35. The Morgan fingerprint density at radius 1 is 1.00 bits per heavy atom. The van der Waals surface area contributed by atoms with Crippen LogP contribution in [0.5, 0.6) is 0 Å². The van der Waals surface area contributed by atoms with Crippen LogP contribution in [0.1, 0.15) is 19.4 Å². The second kappa shape index (κ2) is 7.67. The van der Waals surface area contributed by atoms with E-state index >= 15 is 0 Å². The van der Waals surface area contributed by atoms with Crippen molar-refractivity contribution in [3.63, 3.8) is 0 Å². The van der Waals surface area contributed by atoms with Crippen LogP contribution < -0.4 is 0 Å². The molecule has 0 saturated carbocycles. The van der Waals surface area contributed by atoms with Gasteiger partial charge in [0.05, 0.1) is 6.42 Å². The van der Waals surface area contributed by atoms with Gasteiger partial charge in [0.15, 0.2) is 0 Å². The molecule has 1 amide bonds. The first-order chi connectivity index (χ1) is 11.6. The molecule has 1 saturated heterocycles. The summed E-state index contributed by atoms with van der Waals surface area (Å²) in [5.41, 5.74) is 2.21. The van der Waals surface area contributed by atoms with Crippen LogP contribution in [0.15, 0.2) is 48.8 Å². The van der Waals surface area contributed by atoms with Crippen LogP contribution in [0.25, 0.3) is 5.69 Å². The van der Waals surface area contributed by atoms with Gasteiger partial charge in [0, 0.05) is 50.8 Å². The number of carbonyl (C=O) groups is 1. The molecule has 1 fully saturated rings. The quantitative estimate of drug-likeness (QED) is 0.846. The summed E-state index contributed by atoms with van der Waals surface area (Å²) in [7, 11) is 0. The lowest BCUT2D eigenvalue weighted by atomic mass is 10.1. The van der Waals surface area contributed by atoms with Gasteiger partial charge in [-0.05, 0) is 35.7 Å². The fourth-order valence-electron chi connectivity index (χ4n) is 3.28. The van der Waals surface area contributed by atoms with Gasteiger partial charge in [0.1, 0.15) is 0 Å². The molecule has 24 heavy (non-hydrogen) atoms. The van der Waals surface area contributed by atoms with E-state index in [-0.39, 0.29) is 5.91 Å². The van der Waals surface area contributed by atoms with Crippen LogP contribution in [0, 0.1) is 5.92 Å². The minimum absolute atomic E-state index is 0.243. The van der Waals surface area contributed by atoms with Gasteiger partial charge in [-0.1, -0.05) is 26.0 Å². The molecule has 128 valence electrons. The molecule has 1 aromatic heterocycles. The van der Waals surface area contributed by atoms with Crippen LogP contribution in [0.3, 0.4) is 0 Å². The molecule has 4 heteroatoms. The molecule has 1 aliphatic rings. The second-order valence-electron chi connectivity index (χ2n) is 7.01. The highest BCUT2D eigenvalue weighted by atomic mass is 16.2. The number of hydrogen-bond donors (Lipinski definition) is 0. The maximum absolute atomic E-state index is 12.5. The van der Waals surface area contributed by atoms with E-state index in [2.05, 4.69) is 47.6 Å². The molecule has 2 aromatic rings. The smallest absolute Gasteiger partial charge is 0.227 e. The maximum atomic E-state index is 12.5. The van der Waals surface area contributed by atoms with Crippen molar-refractivity contribution in [3.05, 3.63) is 54.4 Å². The zero-order chi connectivity index (χ0) is 16.9. The van der Waals surface area contributed by atoms with E-state index in [1.54, 1.807) is 0 Å². The van der Waals surface area contributed by atoms with E-state index in [9.17, 15) is 4.79 Å². The molecule has 0 aliphatic carbocycles. The zero-order valence-electron chi connectivity index (χ0n) is 14.7. The molecule has 1 aliphatic heterocycles. The first kappa shape index (κ1) is 16.8. The van der Waals surface area contributed by atoms with Crippen molar-refractivity contribution < 1.29 is 4.79 Å². The van der Waals surface area contributed by atoms with Crippen LogP contribution >= 0.6 is 0 Å². The first-order valence-electron chi connectivity index (χ1n) is 8.84. The summed E-state index contributed by atoms with van der Waals surface area (Å²) < 4.78 is 2.07. The number of nitrogens with zero attached hydrogens (tertiary/aromatic N) is 3. The monoisotopic (exact) mass is 325 g/mol. The van der Waals surface area contributed by atoms with Gasteiger partial charge >= 0.3 is 0 Å². The summed E-state index contributed by atoms with van der Waals surface area (Å²) in [4.78, 5) is 17.0. The van der Waals surface area contributed by atoms with Gasteiger partial charge < -0.3 is 9.47 Å². The van der Waals surface area contributed by atoms with Gasteiger partial charge in [0.2, 0.25) is 5.91 Å². The van der Waals surface area contributed by atoms with Crippen LogP contribution in [0.2, 0.25) is 0 Å². The summed E-state index contributed by atoms with van der Waals surface area (Å²) in [6, 6.07) is 12.3. The van der Waals surface area contributed by atoms with Gasteiger partial charge in [-0.15, -0.1) is 0 Å². The van der Waals surface area contributed by atoms with E-state index in [1.807, 2.05) is 29.4 Å². The minimum atomic E-state index is 0.243. The summed E-state index contributed by atoms with van der Waals surface area (Å²) >= 11 is 0. The number of amides is 1. The third kappa shape index (κ3) is 4.26. The molecular formula is C20H27N3O. The minimum Gasteiger partial charge on any atom is -0.340 e. The zero-order valence-corrected chi connectivity index (χ0v) is 14.7. The van der Waals surface area contributed by atoms with Crippen molar-refractivity contribution in [1.29, 1.82) is 0 Å². The standard InChI is InChI=1S/C20H27N3O/c1-17(2)16-21-11-13-23(14-12-21)20(24)15-18-5-7-19(8-6-18)22-9-3-4-10-22/h3-10,17H,11-16H2,1-2H3. The van der Waals surface area contributed by atoms with Gasteiger partial charge in [-0.25, -0.2) is 0 Å². The van der Waals surface area contributed by atoms with E-state index < -0.39 is 0 Å². The Bertz CT molecular complexity index is 638. The number of carbonyl (C=O) groups excluding carboxylic acids is 1. The predicted molar refractivity (Wildman–Crippen MR) is 97.3 cm³/mol. The van der Waals surface area contributed by atoms with Crippen LogP contribution in [-0.4, -0.2) is 53.0 Å². The Hall–Kier alpha value is -2.07. The maximum Gasteiger partial charge on any atom is 0.227 e. The fraction of sp³-hybridized carbons (Fsp3) is 0.450. The molecule has 0 spiro atoms. The SMILES string of the molecule is CC(C)CN1CCN(C(=O)Cc2ccc(-n3cccc3)cc2)CC1. The summed E-state index contributed by atoms with van der Waals surface area (Å²) in [6.45, 7) is 9.32. The molecule has 1 aromatic carbocycles. The molecule has 0 unspecified atom stereocenters. The number of aromatic nitrogens is 1. The highest BCUT2D eigenvalue weighted by Gasteiger charge is 2.21. The molecular weight excluding hydrogens is 298 g/mol. The first-order valence-corrected chi connectivity index (χ1v) is 8.84. The van der Waals surface area contributed by atoms with Crippen molar-refractivity contribution >= 4 is 5.91 Å². The Balaban J connectivity index is 1.52. The van der Waals surface area contributed by atoms with Crippen molar-refractivity contribution in [1.82, 2.24) is 14.4 Å². The van der Waals surface area contributed by atoms with Crippen LogP contribution in [0.4, 0.5) is 0 Å². The van der Waals surface area contributed by atoms with Crippen molar-refractivity contribution in [3.8, 4) is 5.69 Å². The van der Waals surface area contributed by atoms with Crippen molar-refractivity contribution in [2.45, 2.75) is 20.3 Å². The third-order valence-electron chi connectivity index (χ3n) is 4.54. The van der Waals surface area contributed by atoms with Gasteiger partial charge in [0.25, 0.3) is 0 Å². The molecule has 0 N–H and O–H groups in total. The molecule has 0 radical (unpaired) electrons. The number of piperazine rings is 1. The Kier molecular flexibility index (Phi) is 5.36. The largest absolute Gasteiger partial charge is 0.340 e. The molecule has 3 rings (SSSR count). The average Bonchev–Trinajstić information content (AvgIpc) is 3.10. The molecule has 0 bridgehead atoms. The molecule has 2 heterocycles. The summed E-state index contributed by atoms with van der Waals surface area (Å²) in [5, 5.41) is 0. The van der Waals surface area contributed by atoms with Crippen LogP contribution in [-0.2, 0) is 11.2 Å². The fourth-order valence-corrected chi connectivity index (χ4v) is 3.28. The summed E-state index contributed by atoms with van der Waals surface area (Å²) in [5.74, 6) is 0.930. The van der Waals surface area contributed by atoms with Gasteiger partial charge in [-0.2, -0.15) is 0 Å². The van der Waals surface area contributed by atoms with E-state index in [0.29, 0.717) is 12.3 Å². The Labute approximate surface area is 144 Å². The lowest BCUT2D eigenvalue weighted by molar-refractivity contribution is -0.132. The molecule has 0 atom stereocenters. The lowest BCUT2D eigenvalue weighted by Crippen LogP contribution is -2.49. The van der Waals surface area contributed by atoms with Crippen molar-refractivity contribution in [2.75, 3.05) is 32.7 Å². The van der Waals surface area contributed by atoms with Gasteiger partial charge in [-0.3, -0.25) is 9.69 Å². The van der Waals surface area contributed by atoms with E-state index in [4.69, 9.17) is 0 Å². The average molecular weight is 325 g/mol. The number of benzene rings is 1. The number of rotatable bonds is 5. The highest BCUT2D eigenvalue weighted by molar-refractivity contribution is 5.79. The third-order valence-corrected chi connectivity index (χ3v) is 4.54. The number of hydrogen-bond acceptors (Lipinski definition) is 2. The normalized spacial score (nSPS) is 15.9. The Morgan fingerprint density at radius 2 is 1.62 bits per heavy atom. The Morgan fingerprint density at radius 3 is 2.21 bits per heavy atom. The van der Waals surface area contributed by atoms with E-state index in [1.165, 1.54) is 0 Å². The summed E-state index contributed by atoms with van der Waals surface area (Å²) in [6.07, 6.45) is 4.55.